The Bertz CT molecular complexity index is 532. The summed E-state index contributed by atoms with van der Waals surface area (Å²) in [7, 11) is -3.89. The van der Waals surface area contributed by atoms with Gasteiger partial charge in [0.1, 0.15) is 6.10 Å². The van der Waals surface area contributed by atoms with Gasteiger partial charge in [-0.15, -0.1) is 0 Å². The molecule has 98 valence electrons. The van der Waals surface area contributed by atoms with E-state index in [1.807, 2.05) is 0 Å². The SMILES string of the molecule is O=[N+]([O-])c1ccc(S(=O)(=O)O[C@@H]2CCOC2)cc1. The molecule has 1 heterocycles. The van der Waals surface area contributed by atoms with Crippen molar-refractivity contribution in [3.05, 3.63) is 34.4 Å². The van der Waals surface area contributed by atoms with Crippen molar-refractivity contribution in [3.63, 3.8) is 0 Å². The van der Waals surface area contributed by atoms with Crippen molar-refractivity contribution in [1.82, 2.24) is 0 Å². The number of non-ortho nitro benzene ring substituents is 1. The van der Waals surface area contributed by atoms with E-state index in [0.717, 1.165) is 24.3 Å². The minimum Gasteiger partial charge on any atom is -0.379 e. The minimum atomic E-state index is -3.89. The second-order valence-electron chi connectivity index (χ2n) is 3.79. The molecule has 1 aromatic rings. The van der Waals surface area contributed by atoms with Gasteiger partial charge in [0.15, 0.2) is 0 Å². The first kappa shape index (κ1) is 12.9. The van der Waals surface area contributed by atoms with E-state index in [9.17, 15) is 18.5 Å². The highest BCUT2D eigenvalue weighted by Gasteiger charge is 2.25. The first-order chi connectivity index (χ1) is 8.49. The highest BCUT2D eigenvalue weighted by molar-refractivity contribution is 7.86. The van der Waals surface area contributed by atoms with Gasteiger partial charge in [0.05, 0.1) is 16.4 Å². The van der Waals surface area contributed by atoms with E-state index >= 15 is 0 Å². The molecule has 1 fully saturated rings. The molecular weight excluding hydrogens is 262 g/mol. The van der Waals surface area contributed by atoms with Gasteiger partial charge in [0.25, 0.3) is 15.8 Å². The van der Waals surface area contributed by atoms with Crippen LogP contribution in [0.4, 0.5) is 5.69 Å². The summed E-state index contributed by atoms with van der Waals surface area (Å²) in [5, 5.41) is 10.4. The van der Waals surface area contributed by atoms with Gasteiger partial charge in [-0.1, -0.05) is 0 Å². The number of nitrogens with zero attached hydrogens (tertiary/aromatic N) is 1. The lowest BCUT2D eigenvalue weighted by Crippen LogP contribution is -2.18. The Morgan fingerprint density at radius 1 is 1.33 bits per heavy atom. The van der Waals surface area contributed by atoms with E-state index < -0.39 is 21.1 Å². The number of rotatable bonds is 4. The zero-order valence-electron chi connectivity index (χ0n) is 9.31. The average molecular weight is 273 g/mol. The van der Waals surface area contributed by atoms with E-state index in [1.54, 1.807) is 0 Å². The van der Waals surface area contributed by atoms with Crippen molar-refractivity contribution in [2.45, 2.75) is 17.4 Å². The van der Waals surface area contributed by atoms with Crippen LogP contribution in [0.1, 0.15) is 6.42 Å². The summed E-state index contributed by atoms with van der Waals surface area (Å²) in [6.07, 6.45) is 0.0387. The van der Waals surface area contributed by atoms with Crippen LogP contribution in [-0.4, -0.2) is 32.7 Å². The van der Waals surface area contributed by atoms with Crippen molar-refractivity contribution < 1.29 is 22.3 Å². The summed E-state index contributed by atoms with van der Waals surface area (Å²) in [4.78, 5) is 9.76. The van der Waals surface area contributed by atoms with E-state index in [-0.39, 0.29) is 17.2 Å². The molecule has 1 aromatic carbocycles. The molecule has 1 aliphatic rings. The second-order valence-corrected chi connectivity index (χ2v) is 5.36. The number of ether oxygens (including phenoxy) is 1. The Hall–Kier alpha value is -1.51. The maximum Gasteiger partial charge on any atom is 0.297 e. The smallest absolute Gasteiger partial charge is 0.297 e. The lowest BCUT2D eigenvalue weighted by atomic mass is 10.3. The Kier molecular flexibility index (Phi) is 3.60. The fourth-order valence-corrected chi connectivity index (χ4v) is 2.65. The molecular formula is C10H11NO6S. The monoisotopic (exact) mass is 273 g/mol. The fraction of sp³-hybridized carbons (Fsp3) is 0.400. The Balaban J connectivity index is 2.16. The zero-order chi connectivity index (χ0) is 13.2. The van der Waals surface area contributed by atoms with E-state index in [2.05, 4.69) is 0 Å². The summed E-state index contributed by atoms with van der Waals surface area (Å²) in [5.74, 6) is 0. The van der Waals surface area contributed by atoms with Crippen molar-refractivity contribution in [2.75, 3.05) is 13.2 Å². The topological polar surface area (TPSA) is 95.7 Å². The third-order valence-corrected chi connectivity index (χ3v) is 3.86. The molecule has 0 saturated carbocycles. The van der Waals surface area contributed by atoms with Crippen molar-refractivity contribution in [3.8, 4) is 0 Å². The molecule has 8 heteroatoms. The van der Waals surface area contributed by atoms with Crippen LogP contribution in [0.25, 0.3) is 0 Å². The van der Waals surface area contributed by atoms with Gasteiger partial charge >= 0.3 is 0 Å². The quantitative estimate of drug-likeness (QED) is 0.463. The Labute approximate surface area is 104 Å². The lowest BCUT2D eigenvalue weighted by Gasteiger charge is -2.09. The van der Waals surface area contributed by atoms with Crippen molar-refractivity contribution >= 4 is 15.8 Å². The fourth-order valence-electron chi connectivity index (χ4n) is 1.56. The number of nitro groups is 1. The molecule has 1 aliphatic heterocycles. The number of hydrogen-bond donors (Lipinski definition) is 0. The first-order valence-corrected chi connectivity index (χ1v) is 6.65. The maximum absolute atomic E-state index is 11.8. The van der Waals surface area contributed by atoms with E-state index in [4.69, 9.17) is 8.92 Å². The van der Waals surface area contributed by atoms with Crippen molar-refractivity contribution in [2.24, 2.45) is 0 Å². The van der Waals surface area contributed by atoms with Crippen LogP contribution in [0, 0.1) is 10.1 Å². The van der Waals surface area contributed by atoms with Gasteiger partial charge in [-0.05, 0) is 12.1 Å². The predicted molar refractivity (Wildman–Crippen MR) is 60.6 cm³/mol. The van der Waals surface area contributed by atoms with Crippen LogP contribution in [0.15, 0.2) is 29.2 Å². The van der Waals surface area contributed by atoms with Gasteiger partial charge < -0.3 is 4.74 Å². The lowest BCUT2D eigenvalue weighted by molar-refractivity contribution is -0.384. The van der Waals surface area contributed by atoms with Crippen LogP contribution < -0.4 is 0 Å². The number of hydrogen-bond acceptors (Lipinski definition) is 6. The maximum atomic E-state index is 11.8. The summed E-state index contributed by atoms with van der Waals surface area (Å²) in [6.45, 7) is 0.715. The largest absolute Gasteiger partial charge is 0.379 e. The Morgan fingerprint density at radius 3 is 2.50 bits per heavy atom. The summed E-state index contributed by atoms with van der Waals surface area (Å²) >= 11 is 0. The van der Waals surface area contributed by atoms with Gasteiger partial charge in [0.2, 0.25) is 0 Å². The normalized spacial score (nSPS) is 19.9. The molecule has 0 unspecified atom stereocenters. The summed E-state index contributed by atoms with van der Waals surface area (Å²) in [5.41, 5.74) is -0.168. The van der Waals surface area contributed by atoms with Crippen LogP contribution in [0.5, 0.6) is 0 Å². The van der Waals surface area contributed by atoms with Crippen LogP contribution >= 0.6 is 0 Å². The molecule has 0 radical (unpaired) electrons. The van der Waals surface area contributed by atoms with Gasteiger partial charge in [-0.25, -0.2) is 0 Å². The molecule has 1 atom stereocenters. The Morgan fingerprint density at radius 2 is 2.00 bits per heavy atom. The molecule has 0 amide bonds. The second kappa shape index (κ2) is 5.01. The molecule has 0 N–H and O–H groups in total. The molecule has 0 spiro atoms. The highest BCUT2D eigenvalue weighted by atomic mass is 32.2. The van der Waals surface area contributed by atoms with E-state index in [1.165, 1.54) is 0 Å². The van der Waals surface area contributed by atoms with Crippen LogP contribution in [0.3, 0.4) is 0 Å². The molecule has 18 heavy (non-hydrogen) atoms. The molecule has 0 bridgehead atoms. The zero-order valence-corrected chi connectivity index (χ0v) is 10.1. The van der Waals surface area contributed by atoms with Crippen LogP contribution in [0.2, 0.25) is 0 Å². The van der Waals surface area contributed by atoms with Gasteiger partial charge in [0, 0.05) is 25.2 Å². The summed E-state index contributed by atoms with van der Waals surface area (Å²) < 4.78 is 33.6. The molecule has 2 rings (SSSR count). The molecule has 0 aromatic heterocycles. The van der Waals surface area contributed by atoms with Crippen molar-refractivity contribution in [1.29, 1.82) is 0 Å². The third-order valence-electron chi connectivity index (χ3n) is 2.49. The predicted octanol–water partition coefficient (Wildman–Crippen LogP) is 1.09. The van der Waals surface area contributed by atoms with Gasteiger partial charge in [-0.3, -0.25) is 14.3 Å². The number of nitro benzene ring substituents is 1. The average Bonchev–Trinajstić information content (AvgIpc) is 2.81. The highest BCUT2D eigenvalue weighted by Crippen LogP contribution is 2.20. The standard InChI is InChI=1S/C10H11NO6S/c12-11(13)8-1-3-10(4-2-8)18(14,15)17-9-5-6-16-7-9/h1-4,9H,5-7H2/t9-/m1/s1. The van der Waals surface area contributed by atoms with E-state index in [0.29, 0.717) is 13.0 Å². The molecule has 0 aliphatic carbocycles. The third kappa shape index (κ3) is 2.84. The van der Waals surface area contributed by atoms with Crippen LogP contribution in [-0.2, 0) is 19.0 Å². The first-order valence-electron chi connectivity index (χ1n) is 5.24. The van der Waals surface area contributed by atoms with Gasteiger partial charge in [-0.2, -0.15) is 8.42 Å². The molecule has 1 saturated heterocycles. The number of benzene rings is 1. The molecule has 7 nitrogen and oxygen atoms in total. The minimum absolute atomic E-state index is 0.0972. The summed E-state index contributed by atoms with van der Waals surface area (Å²) in [6, 6.07) is 4.56.